The van der Waals surface area contributed by atoms with Gasteiger partial charge in [-0.1, -0.05) is 26.5 Å². The van der Waals surface area contributed by atoms with Crippen LogP contribution in [0.3, 0.4) is 0 Å². The minimum atomic E-state index is 0.483. The molecule has 19 heavy (non-hydrogen) atoms. The van der Waals surface area contributed by atoms with Crippen LogP contribution in [0.1, 0.15) is 39.5 Å². The number of allylic oxidation sites excluding steroid dienone is 2. The second-order valence-electron chi connectivity index (χ2n) is 7.22. The zero-order valence-corrected chi connectivity index (χ0v) is 12.8. The van der Waals surface area contributed by atoms with Gasteiger partial charge in [0.1, 0.15) is 0 Å². The van der Waals surface area contributed by atoms with E-state index in [1.54, 1.807) is 0 Å². The lowest BCUT2D eigenvalue weighted by atomic mass is 9.66. The first-order valence-corrected chi connectivity index (χ1v) is 7.72. The van der Waals surface area contributed by atoms with Crippen LogP contribution < -0.4 is 11.1 Å². The zero-order valence-electron chi connectivity index (χ0n) is 12.8. The lowest BCUT2D eigenvalue weighted by molar-refractivity contribution is 0.141. The Bertz CT molecular complexity index is 356. The van der Waals surface area contributed by atoms with Crippen molar-refractivity contribution in [2.45, 2.75) is 39.5 Å². The van der Waals surface area contributed by atoms with Gasteiger partial charge in [0.15, 0.2) is 0 Å². The summed E-state index contributed by atoms with van der Waals surface area (Å²) in [4.78, 5) is 0. The van der Waals surface area contributed by atoms with Gasteiger partial charge < -0.3 is 11.1 Å². The molecule has 0 saturated heterocycles. The third-order valence-electron chi connectivity index (χ3n) is 5.37. The Labute approximate surface area is 118 Å². The summed E-state index contributed by atoms with van der Waals surface area (Å²) in [7, 11) is 1.98. The van der Waals surface area contributed by atoms with Crippen molar-refractivity contribution in [2.24, 2.45) is 34.8 Å². The average molecular weight is 262 g/mol. The molecule has 0 aliphatic heterocycles. The summed E-state index contributed by atoms with van der Waals surface area (Å²) in [6, 6.07) is 0. The summed E-state index contributed by atoms with van der Waals surface area (Å²) in [5.41, 5.74) is 7.89. The number of hydrogen-bond acceptors (Lipinski definition) is 2. The molecule has 2 heteroatoms. The molecule has 2 fully saturated rings. The molecule has 0 aromatic rings. The Balaban J connectivity index is 2.24. The maximum absolute atomic E-state index is 6.01. The highest BCUT2D eigenvalue weighted by Gasteiger charge is 2.48. The number of rotatable bonds is 4. The largest absolute Gasteiger partial charge is 0.394 e. The van der Waals surface area contributed by atoms with Crippen LogP contribution in [0.15, 0.2) is 24.4 Å². The van der Waals surface area contributed by atoms with Gasteiger partial charge in [0.25, 0.3) is 0 Å². The van der Waals surface area contributed by atoms with Crippen molar-refractivity contribution in [2.75, 3.05) is 13.6 Å². The third kappa shape index (κ3) is 2.89. The molecule has 0 spiro atoms. The molecule has 2 aliphatic carbocycles. The van der Waals surface area contributed by atoms with E-state index in [1.807, 2.05) is 13.1 Å². The summed E-state index contributed by atoms with van der Waals surface area (Å²) < 4.78 is 0. The third-order valence-corrected chi connectivity index (χ3v) is 5.37. The summed E-state index contributed by atoms with van der Waals surface area (Å²) in [5, 5.41) is 3.18. The van der Waals surface area contributed by atoms with E-state index in [1.165, 1.54) is 31.3 Å². The molecular weight excluding hydrogens is 232 g/mol. The summed E-state index contributed by atoms with van der Waals surface area (Å²) in [6.45, 7) is 9.72. The Morgan fingerprint density at radius 2 is 2.00 bits per heavy atom. The molecule has 0 amide bonds. The maximum atomic E-state index is 6.01. The topological polar surface area (TPSA) is 38.0 Å². The highest BCUT2D eigenvalue weighted by molar-refractivity contribution is 5.22. The lowest BCUT2D eigenvalue weighted by Crippen LogP contribution is -2.35. The molecule has 4 unspecified atom stereocenters. The first-order valence-electron chi connectivity index (χ1n) is 7.72. The van der Waals surface area contributed by atoms with Crippen molar-refractivity contribution >= 4 is 0 Å². The fraction of sp³-hybridized carbons (Fsp3) is 0.765. The molecule has 0 radical (unpaired) electrons. The monoisotopic (exact) mass is 262 g/mol. The molecule has 0 heterocycles. The zero-order chi connectivity index (χ0) is 14.0. The van der Waals surface area contributed by atoms with E-state index in [4.69, 9.17) is 5.73 Å². The predicted molar refractivity (Wildman–Crippen MR) is 82.6 cm³/mol. The van der Waals surface area contributed by atoms with Crippen LogP contribution in [0.2, 0.25) is 0 Å². The van der Waals surface area contributed by atoms with Crippen molar-refractivity contribution in [3.05, 3.63) is 24.4 Å². The van der Waals surface area contributed by atoms with Crippen molar-refractivity contribution < 1.29 is 0 Å². The second kappa shape index (κ2) is 5.70. The Morgan fingerprint density at radius 3 is 2.58 bits per heavy atom. The molecule has 4 atom stereocenters. The summed E-state index contributed by atoms with van der Waals surface area (Å²) in [5.74, 6) is 3.04. The second-order valence-corrected chi connectivity index (χ2v) is 7.22. The van der Waals surface area contributed by atoms with Crippen LogP contribution in [-0.4, -0.2) is 13.6 Å². The van der Waals surface area contributed by atoms with Crippen LogP contribution in [0.25, 0.3) is 0 Å². The molecule has 2 saturated carbocycles. The molecule has 2 rings (SSSR count). The SMILES string of the molecule is C=C/C(=C\NC)C1CCC(CN)C2CC(C)(C)CC12. The molecular formula is C17H30N2. The van der Waals surface area contributed by atoms with Gasteiger partial charge in [0.05, 0.1) is 0 Å². The number of fused-ring (bicyclic) bond motifs is 1. The maximum Gasteiger partial charge on any atom is 0.00278 e. The van der Waals surface area contributed by atoms with Gasteiger partial charge in [0.2, 0.25) is 0 Å². The minimum Gasteiger partial charge on any atom is -0.394 e. The van der Waals surface area contributed by atoms with E-state index in [0.29, 0.717) is 11.3 Å². The van der Waals surface area contributed by atoms with Gasteiger partial charge in [-0.15, -0.1) is 0 Å². The fourth-order valence-electron chi connectivity index (χ4n) is 4.63. The van der Waals surface area contributed by atoms with E-state index in [-0.39, 0.29) is 0 Å². The normalized spacial score (nSPS) is 37.8. The van der Waals surface area contributed by atoms with Crippen LogP contribution in [0.4, 0.5) is 0 Å². The van der Waals surface area contributed by atoms with Gasteiger partial charge in [-0.05, 0) is 73.1 Å². The first-order chi connectivity index (χ1) is 9.02. The van der Waals surface area contributed by atoms with E-state index in [2.05, 4.69) is 31.9 Å². The van der Waals surface area contributed by atoms with Crippen LogP contribution >= 0.6 is 0 Å². The molecule has 108 valence electrons. The smallest absolute Gasteiger partial charge is 0.00278 e. The van der Waals surface area contributed by atoms with E-state index >= 15 is 0 Å². The van der Waals surface area contributed by atoms with E-state index < -0.39 is 0 Å². The molecule has 0 aromatic carbocycles. The molecule has 2 nitrogen and oxygen atoms in total. The van der Waals surface area contributed by atoms with E-state index in [0.717, 1.165) is 24.3 Å². The number of nitrogens with one attached hydrogen (secondary N) is 1. The Kier molecular flexibility index (Phi) is 4.39. The van der Waals surface area contributed by atoms with Crippen LogP contribution in [-0.2, 0) is 0 Å². The van der Waals surface area contributed by atoms with Crippen molar-refractivity contribution in [1.29, 1.82) is 0 Å². The number of hydrogen-bond donors (Lipinski definition) is 2. The Hall–Kier alpha value is -0.760. The Morgan fingerprint density at radius 1 is 1.32 bits per heavy atom. The quantitative estimate of drug-likeness (QED) is 0.763. The van der Waals surface area contributed by atoms with Crippen molar-refractivity contribution in [3.8, 4) is 0 Å². The predicted octanol–water partition coefficient (Wildman–Crippen LogP) is 3.31. The molecule has 3 N–H and O–H groups in total. The average Bonchev–Trinajstić information content (AvgIpc) is 2.70. The standard InChI is InChI=1S/C17H30N2/c1-5-12(11-19-4)14-7-6-13(10-18)15-8-17(2,3)9-16(14)15/h5,11,13-16,19H,1,6-10,18H2,2-4H3/b12-11+. The fourth-order valence-corrected chi connectivity index (χ4v) is 4.63. The van der Waals surface area contributed by atoms with Crippen molar-refractivity contribution in [1.82, 2.24) is 5.32 Å². The molecule has 0 aromatic heterocycles. The minimum absolute atomic E-state index is 0.483. The van der Waals surface area contributed by atoms with Gasteiger partial charge in [-0.3, -0.25) is 0 Å². The highest BCUT2D eigenvalue weighted by atomic mass is 14.8. The van der Waals surface area contributed by atoms with Gasteiger partial charge in [-0.2, -0.15) is 0 Å². The van der Waals surface area contributed by atoms with Gasteiger partial charge >= 0.3 is 0 Å². The van der Waals surface area contributed by atoms with Crippen molar-refractivity contribution in [3.63, 3.8) is 0 Å². The first kappa shape index (κ1) is 14.6. The lowest BCUT2D eigenvalue weighted by Gasteiger charge is -2.40. The van der Waals surface area contributed by atoms with Gasteiger partial charge in [0, 0.05) is 7.05 Å². The molecule has 2 aliphatic rings. The number of nitrogens with two attached hydrogens (primary N) is 1. The van der Waals surface area contributed by atoms with Crippen LogP contribution in [0, 0.1) is 29.1 Å². The van der Waals surface area contributed by atoms with E-state index in [9.17, 15) is 0 Å². The molecule has 0 bridgehead atoms. The van der Waals surface area contributed by atoms with Gasteiger partial charge in [-0.25, -0.2) is 0 Å². The summed E-state index contributed by atoms with van der Waals surface area (Å²) in [6.07, 6.45) is 9.44. The highest BCUT2D eigenvalue weighted by Crippen LogP contribution is 2.56. The summed E-state index contributed by atoms with van der Waals surface area (Å²) >= 11 is 0. The van der Waals surface area contributed by atoms with Crippen LogP contribution in [0.5, 0.6) is 0 Å².